The molecule has 0 aliphatic carbocycles. The van der Waals surface area contributed by atoms with E-state index in [-0.39, 0.29) is 18.0 Å². The number of fused-ring (bicyclic) bond motifs is 1. The van der Waals surface area contributed by atoms with Crippen molar-refractivity contribution >= 4 is 24.0 Å². The van der Waals surface area contributed by atoms with E-state index in [0.29, 0.717) is 38.7 Å². The highest BCUT2D eigenvalue weighted by Gasteiger charge is 2.37. The number of hydrogen-bond acceptors (Lipinski definition) is 8. The van der Waals surface area contributed by atoms with Crippen molar-refractivity contribution in [2.24, 2.45) is 0 Å². The van der Waals surface area contributed by atoms with Crippen LogP contribution >= 0.6 is 0 Å². The molecular weight excluding hydrogens is 432 g/mol. The molecule has 1 aromatic heterocycles. The van der Waals surface area contributed by atoms with Gasteiger partial charge in [0.25, 0.3) is 0 Å². The minimum Gasteiger partial charge on any atom is -0.496 e. The average Bonchev–Trinajstić information content (AvgIpc) is 3.23. The van der Waals surface area contributed by atoms with E-state index in [1.165, 1.54) is 0 Å². The molecule has 4 rings (SSSR count). The van der Waals surface area contributed by atoms with Crippen LogP contribution < -0.4 is 15.0 Å². The number of carbonyl (C=O) groups excluding carboxylic acids is 2. The van der Waals surface area contributed by atoms with E-state index in [1.54, 1.807) is 14.0 Å². The lowest BCUT2D eigenvalue weighted by atomic mass is 10.1. The fourth-order valence-electron chi connectivity index (χ4n) is 4.76. The molecule has 3 heterocycles. The molecule has 2 aliphatic heterocycles. The predicted molar refractivity (Wildman–Crippen MR) is 131 cm³/mol. The summed E-state index contributed by atoms with van der Waals surface area (Å²) in [5.74, 6) is 2.22. The lowest BCUT2D eigenvalue weighted by Crippen LogP contribution is -2.48. The van der Waals surface area contributed by atoms with Gasteiger partial charge < -0.3 is 24.6 Å². The lowest BCUT2D eigenvalue weighted by Gasteiger charge is -2.34. The maximum absolute atomic E-state index is 12.1. The molecule has 182 valence electrons. The molecule has 1 N–H and O–H groups in total. The Balaban J connectivity index is 1.70. The second-order valence-electron chi connectivity index (χ2n) is 9.18. The smallest absolute Gasteiger partial charge is 0.227 e. The summed E-state index contributed by atoms with van der Waals surface area (Å²) in [5.41, 5.74) is 2.75. The van der Waals surface area contributed by atoms with Crippen molar-refractivity contribution in [1.29, 1.82) is 0 Å². The number of aldehydes is 1. The first kappa shape index (κ1) is 23.9. The molecule has 9 heteroatoms. The molecule has 34 heavy (non-hydrogen) atoms. The van der Waals surface area contributed by atoms with E-state index in [9.17, 15) is 9.59 Å². The van der Waals surface area contributed by atoms with E-state index in [0.717, 1.165) is 34.7 Å². The topological polar surface area (TPSA) is 90.9 Å². The first-order chi connectivity index (χ1) is 16.3. The van der Waals surface area contributed by atoms with Gasteiger partial charge in [0.2, 0.25) is 11.9 Å². The van der Waals surface area contributed by atoms with Gasteiger partial charge in [-0.2, -0.15) is 4.98 Å². The maximum Gasteiger partial charge on any atom is 0.227 e. The molecular formula is C25H34N6O3. The SMILES string of the molecule is COc1ccccc1C(C)Nc1nc(N2CCN(C(C)=O)CC2)nc2c1CN(C(C)C)[C@H]2C=O. The van der Waals surface area contributed by atoms with E-state index < -0.39 is 6.04 Å². The van der Waals surface area contributed by atoms with Crippen LogP contribution in [0.15, 0.2) is 24.3 Å². The fourth-order valence-corrected chi connectivity index (χ4v) is 4.76. The standard InChI is InChI=1S/C25H34N6O3/c1-16(2)31-14-20-23(21(31)15-32)27-25(30-12-10-29(11-13-30)18(4)33)28-24(20)26-17(3)19-8-6-7-9-22(19)34-5/h6-9,15-17,21H,10-14H2,1-5H3,(H,26,27,28)/t17?,21-/m0/s1. The number of nitrogens with zero attached hydrogens (tertiary/aromatic N) is 5. The van der Waals surface area contributed by atoms with Crippen molar-refractivity contribution in [2.75, 3.05) is 43.5 Å². The van der Waals surface area contributed by atoms with Gasteiger partial charge in [0, 0.05) is 56.8 Å². The molecule has 0 radical (unpaired) electrons. The molecule has 1 unspecified atom stereocenters. The first-order valence-electron chi connectivity index (χ1n) is 11.9. The first-order valence-corrected chi connectivity index (χ1v) is 11.9. The number of para-hydroxylation sites is 1. The monoisotopic (exact) mass is 466 g/mol. The Labute approximate surface area is 201 Å². The molecule has 0 saturated carbocycles. The van der Waals surface area contributed by atoms with Crippen LogP contribution in [0.4, 0.5) is 11.8 Å². The summed E-state index contributed by atoms with van der Waals surface area (Å²) < 4.78 is 5.56. The van der Waals surface area contributed by atoms with Crippen molar-refractivity contribution in [3.8, 4) is 5.75 Å². The maximum atomic E-state index is 12.1. The number of aromatic nitrogens is 2. The van der Waals surface area contributed by atoms with Crippen LogP contribution in [-0.4, -0.2) is 71.3 Å². The molecule has 1 amide bonds. The number of nitrogens with one attached hydrogen (secondary N) is 1. The van der Waals surface area contributed by atoms with Gasteiger partial charge in [-0.05, 0) is 26.8 Å². The van der Waals surface area contributed by atoms with E-state index >= 15 is 0 Å². The number of methoxy groups -OCH3 is 1. The zero-order valence-corrected chi connectivity index (χ0v) is 20.6. The Hall–Kier alpha value is -3.20. The third-order valence-corrected chi connectivity index (χ3v) is 6.76. The normalized spacial score (nSPS) is 19.2. The quantitative estimate of drug-likeness (QED) is 0.623. The Kier molecular flexibility index (Phi) is 7.02. The number of ether oxygens (including phenoxy) is 1. The lowest BCUT2D eigenvalue weighted by molar-refractivity contribution is -0.129. The summed E-state index contributed by atoms with van der Waals surface area (Å²) in [6.45, 7) is 11.0. The van der Waals surface area contributed by atoms with Crippen LogP contribution in [0.5, 0.6) is 5.75 Å². The van der Waals surface area contributed by atoms with Gasteiger partial charge in [0.1, 0.15) is 23.9 Å². The molecule has 2 atom stereocenters. The molecule has 0 spiro atoms. The van der Waals surface area contributed by atoms with Crippen LogP contribution in [0.3, 0.4) is 0 Å². The van der Waals surface area contributed by atoms with Crippen LogP contribution in [0.2, 0.25) is 0 Å². The third kappa shape index (κ3) is 4.57. The number of amides is 1. The van der Waals surface area contributed by atoms with Gasteiger partial charge in [-0.25, -0.2) is 4.98 Å². The second kappa shape index (κ2) is 9.97. The highest BCUT2D eigenvalue weighted by atomic mass is 16.5. The fraction of sp³-hybridized carbons (Fsp3) is 0.520. The van der Waals surface area contributed by atoms with E-state index in [1.807, 2.05) is 29.2 Å². The number of carbonyl (C=O) groups is 2. The Morgan fingerprint density at radius 2 is 1.85 bits per heavy atom. The van der Waals surface area contributed by atoms with Crippen molar-refractivity contribution in [3.63, 3.8) is 0 Å². The minimum atomic E-state index is -0.405. The van der Waals surface area contributed by atoms with Crippen LogP contribution in [0.1, 0.15) is 56.6 Å². The number of anilines is 2. The molecule has 2 aromatic rings. The predicted octanol–water partition coefficient (Wildman–Crippen LogP) is 2.79. The summed E-state index contributed by atoms with van der Waals surface area (Å²) in [6.07, 6.45) is 0.976. The van der Waals surface area contributed by atoms with Gasteiger partial charge in [0.05, 0.1) is 18.8 Å². The number of piperazine rings is 1. The van der Waals surface area contributed by atoms with Gasteiger partial charge >= 0.3 is 0 Å². The van der Waals surface area contributed by atoms with Gasteiger partial charge in [0.15, 0.2) is 0 Å². The molecule has 9 nitrogen and oxygen atoms in total. The summed E-state index contributed by atoms with van der Waals surface area (Å²) >= 11 is 0. The molecule has 0 bridgehead atoms. The number of hydrogen-bond donors (Lipinski definition) is 1. The van der Waals surface area contributed by atoms with Crippen molar-refractivity contribution in [1.82, 2.24) is 19.8 Å². The van der Waals surface area contributed by atoms with Crippen LogP contribution in [-0.2, 0) is 16.1 Å². The van der Waals surface area contributed by atoms with Gasteiger partial charge in [-0.3, -0.25) is 9.69 Å². The summed E-state index contributed by atoms with van der Waals surface area (Å²) in [6, 6.07) is 7.63. The Bertz CT molecular complexity index is 1050. The molecule has 1 saturated heterocycles. The average molecular weight is 467 g/mol. The van der Waals surface area contributed by atoms with Crippen LogP contribution in [0, 0.1) is 0 Å². The van der Waals surface area contributed by atoms with E-state index in [4.69, 9.17) is 14.7 Å². The van der Waals surface area contributed by atoms with Crippen molar-refractivity contribution < 1.29 is 14.3 Å². The Morgan fingerprint density at radius 3 is 2.47 bits per heavy atom. The minimum absolute atomic E-state index is 0.0691. The summed E-state index contributed by atoms with van der Waals surface area (Å²) in [7, 11) is 1.67. The van der Waals surface area contributed by atoms with E-state index in [2.05, 4.69) is 35.9 Å². The number of benzene rings is 1. The Morgan fingerprint density at radius 1 is 1.15 bits per heavy atom. The van der Waals surface area contributed by atoms with Crippen LogP contribution in [0.25, 0.3) is 0 Å². The largest absolute Gasteiger partial charge is 0.496 e. The van der Waals surface area contributed by atoms with Crippen molar-refractivity contribution in [3.05, 3.63) is 41.1 Å². The molecule has 2 aliphatic rings. The van der Waals surface area contributed by atoms with Gasteiger partial charge in [-0.1, -0.05) is 18.2 Å². The summed E-state index contributed by atoms with van der Waals surface area (Å²) in [4.78, 5) is 39.8. The highest BCUT2D eigenvalue weighted by Crippen LogP contribution is 2.39. The second-order valence-corrected chi connectivity index (χ2v) is 9.18. The zero-order chi connectivity index (χ0) is 24.4. The molecule has 1 aromatic carbocycles. The zero-order valence-electron chi connectivity index (χ0n) is 20.6. The van der Waals surface area contributed by atoms with Gasteiger partial charge in [-0.15, -0.1) is 0 Å². The number of rotatable bonds is 7. The highest BCUT2D eigenvalue weighted by molar-refractivity contribution is 5.73. The molecule has 1 fully saturated rings. The third-order valence-electron chi connectivity index (χ3n) is 6.76. The van der Waals surface area contributed by atoms with Crippen molar-refractivity contribution in [2.45, 2.75) is 52.4 Å². The summed E-state index contributed by atoms with van der Waals surface area (Å²) in [5, 5.41) is 3.58.